The first-order valence-electron chi connectivity index (χ1n) is 11.2. The molecule has 4 aromatic rings. The molecule has 1 aliphatic heterocycles. The number of anilines is 2. The van der Waals surface area contributed by atoms with Crippen LogP contribution >= 0.6 is 11.6 Å². The van der Waals surface area contributed by atoms with Crippen molar-refractivity contribution in [1.82, 2.24) is 9.97 Å². The summed E-state index contributed by atoms with van der Waals surface area (Å²) in [7, 11) is 0. The fraction of sp³-hybridized carbons (Fsp3) is 0.222. The van der Waals surface area contributed by atoms with Crippen LogP contribution in [0.15, 0.2) is 72.8 Å². The Morgan fingerprint density at radius 3 is 2.52 bits per heavy atom. The number of amides is 1. The van der Waals surface area contributed by atoms with Gasteiger partial charge in [-0.3, -0.25) is 4.79 Å². The van der Waals surface area contributed by atoms with Crippen LogP contribution in [0.1, 0.15) is 18.4 Å². The van der Waals surface area contributed by atoms with Gasteiger partial charge in [0.2, 0.25) is 11.9 Å². The molecule has 0 bridgehead atoms. The third-order valence-corrected chi connectivity index (χ3v) is 6.36. The Bertz CT molecular complexity index is 1300. The molecular weight excluding hydrogens is 432 g/mol. The molecule has 0 aliphatic carbocycles. The van der Waals surface area contributed by atoms with Crippen LogP contribution in [-0.4, -0.2) is 29.0 Å². The molecule has 1 N–H and O–H groups in total. The summed E-state index contributed by atoms with van der Waals surface area (Å²) >= 11 is 6.04. The number of fused-ring (bicyclic) bond motifs is 1. The number of nitrogens with one attached hydrogen (secondary N) is 1. The summed E-state index contributed by atoms with van der Waals surface area (Å²) in [5.41, 5.74) is 4.87. The van der Waals surface area contributed by atoms with Gasteiger partial charge in [0.1, 0.15) is 0 Å². The van der Waals surface area contributed by atoms with E-state index in [0.717, 1.165) is 59.7 Å². The van der Waals surface area contributed by atoms with Crippen LogP contribution in [0, 0.1) is 12.8 Å². The monoisotopic (exact) mass is 456 g/mol. The smallest absolute Gasteiger partial charge is 0.227 e. The number of hydrogen-bond donors (Lipinski definition) is 1. The number of hydrogen-bond acceptors (Lipinski definition) is 4. The third kappa shape index (κ3) is 4.69. The fourth-order valence-corrected chi connectivity index (χ4v) is 4.53. The van der Waals surface area contributed by atoms with E-state index in [2.05, 4.69) is 47.5 Å². The highest BCUT2D eigenvalue weighted by Crippen LogP contribution is 2.30. The molecule has 1 fully saturated rings. The van der Waals surface area contributed by atoms with Crippen LogP contribution in [0.2, 0.25) is 5.02 Å². The van der Waals surface area contributed by atoms with Crippen molar-refractivity contribution < 1.29 is 4.79 Å². The largest absolute Gasteiger partial charge is 0.341 e. The van der Waals surface area contributed by atoms with Gasteiger partial charge >= 0.3 is 0 Å². The van der Waals surface area contributed by atoms with Gasteiger partial charge in [-0.2, -0.15) is 0 Å². The summed E-state index contributed by atoms with van der Waals surface area (Å²) in [6.07, 6.45) is 1.50. The van der Waals surface area contributed by atoms with Crippen molar-refractivity contribution in [1.29, 1.82) is 0 Å². The zero-order chi connectivity index (χ0) is 22.8. The van der Waals surface area contributed by atoms with Gasteiger partial charge in [0, 0.05) is 40.7 Å². The van der Waals surface area contributed by atoms with E-state index in [-0.39, 0.29) is 11.8 Å². The molecule has 6 heteroatoms. The lowest BCUT2D eigenvalue weighted by atomic mass is 9.96. The molecule has 1 aliphatic rings. The number of carbonyl (C=O) groups is 1. The zero-order valence-corrected chi connectivity index (χ0v) is 19.2. The van der Waals surface area contributed by atoms with E-state index in [1.807, 2.05) is 30.3 Å². The van der Waals surface area contributed by atoms with E-state index in [4.69, 9.17) is 21.6 Å². The lowest BCUT2D eigenvalue weighted by molar-refractivity contribution is -0.120. The van der Waals surface area contributed by atoms with Crippen molar-refractivity contribution >= 4 is 40.0 Å². The average molecular weight is 457 g/mol. The maximum absolute atomic E-state index is 12.8. The molecule has 1 saturated heterocycles. The second-order valence-electron chi connectivity index (χ2n) is 8.52. The normalized spacial score (nSPS) is 14.4. The molecule has 0 unspecified atom stereocenters. The molecule has 2 heterocycles. The fourth-order valence-electron chi connectivity index (χ4n) is 4.34. The van der Waals surface area contributed by atoms with E-state index in [1.54, 1.807) is 12.1 Å². The van der Waals surface area contributed by atoms with E-state index in [1.165, 1.54) is 5.56 Å². The number of halogens is 1. The van der Waals surface area contributed by atoms with Crippen molar-refractivity contribution in [3.63, 3.8) is 0 Å². The van der Waals surface area contributed by atoms with E-state index >= 15 is 0 Å². The lowest BCUT2D eigenvalue weighted by Gasteiger charge is -2.31. The van der Waals surface area contributed by atoms with Crippen LogP contribution in [0.3, 0.4) is 0 Å². The SMILES string of the molecule is Cc1ccc2nc(N3CCC(C(=O)Nc4cccc(Cl)c4)CC3)nc(-c3ccccc3)c2c1. The molecule has 0 radical (unpaired) electrons. The van der Waals surface area contributed by atoms with Crippen molar-refractivity contribution in [2.75, 3.05) is 23.3 Å². The minimum atomic E-state index is -0.0445. The topological polar surface area (TPSA) is 58.1 Å². The highest BCUT2D eigenvalue weighted by Gasteiger charge is 2.27. The van der Waals surface area contributed by atoms with Crippen molar-refractivity contribution in [2.45, 2.75) is 19.8 Å². The Balaban J connectivity index is 1.36. The molecule has 5 rings (SSSR count). The summed E-state index contributed by atoms with van der Waals surface area (Å²) in [6.45, 7) is 3.56. The van der Waals surface area contributed by atoms with Crippen LogP contribution in [0.5, 0.6) is 0 Å². The van der Waals surface area contributed by atoms with E-state index in [0.29, 0.717) is 5.02 Å². The molecule has 33 heavy (non-hydrogen) atoms. The van der Waals surface area contributed by atoms with Crippen molar-refractivity contribution in [3.05, 3.63) is 83.4 Å². The van der Waals surface area contributed by atoms with E-state index in [9.17, 15) is 4.79 Å². The number of carbonyl (C=O) groups excluding carboxylic acids is 1. The summed E-state index contributed by atoms with van der Waals surface area (Å²) in [5, 5.41) is 4.66. The molecule has 5 nitrogen and oxygen atoms in total. The molecule has 0 saturated carbocycles. The standard InChI is InChI=1S/C27H25ClN4O/c1-18-10-11-24-23(16-18)25(19-6-3-2-4-7-19)31-27(30-24)32-14-12-20(13-15-32)26(33)29-22-9-5-8-21(28)17-22/h2-11,16-17,20H,12-15H2,1H3,(H,29,33). The minimum Gasteiger partial charge on any atom is -0.341 e. The maximum Gasteiger partial charge on any atom is 0.227 e. The third-order valence-electron chi connectivity index (χ3n) is 6.13. The number of piperidine rings is 1. The zero-order valence-electron chi connectivity index (χ0n) is 18.5. The first-order chi connectivity index (χ1) is 16.1. The van der Waals surface area contributed by atoms with Gasteiger partial charge in [0.15, 0.2) is 0 Å². The summed E-state index contributed by atoms with van der Waals surface area (Å²) < 4.78 is 0. The van der Waals surface area contributed by atoms with Gasteiger partial charge in [-0.15, -0.1) is 0 Å². The Kier molecular flexibility index (Phi) is 5.97. The van der Waals surface area contributed by atoms with E-state index < -0.39 is 0 Å². The number of rotatable bonds is 4. The Morgan fingerprint density at radius 1 is 0.970 bits per heavy atom. The van der Waals surface area contributed by atoms with Crippen LogP contribution in [0.4, 0.5) is 11.6 Å². The van der Waals surface area contributed by atoms with Gasteiger partial charge in [-0.1, -0.05) is 59.6 Å². The number of benzene rings is 3. The molecule has 1 aromatic heterocycles. The first kappa shape index (κ1) is 21.4. The van der Waals surface area contributed by atoms with Gasteiger partial charge < -0.3 is 10.2 Å². The van der Waals surface area contributed by atoms with Crippen LogP contribution in [-0.2, 0) is 4.79 Å². The minimum absolute atomic E-state index is 0.0387. The van der Waals surface area contributed by atoms with Gasteiger partial charge in [0.05, 0.1) is 11.2 Å². The van der Waals surface area contributed by atoms with Crippen LogP contribution in [0.25, 0.3) is 22.2 Å². The summed E-state index contributed by atoms with van der Waals surface area (Å²) in [4.78, 5) is 24.8. The van der Waals surface area contributed by atoms with Crippen molar-refractivity contribution in [2.24, 2.45) is 5.92 Å². The molecule has 3 aromatic carbocycles. The number of nitrogens with zero attached hydrogens (tertiary/aromatic N) is 3. The number of aromatic nitrogens is 2. The lowest BCUT2D eigenvalue weighted by Crippen LogP contribution is -2.39. The summed E-state index contributed by atoms with van der Waals surface area (Å²) in [6, 6.07) is 23.8. The van der Waals surface area contributed by atoms with Gasteiger partial charge in [0.25, 0.3) is 0 Å². The first-order valence-corrected chi connectivity index (χ1v) is 11.6. The Labute approximate surface area is 198 Å². The van der Waals surface area contributed by atoms with Gasteiger partial charge in [-0.05, 0) is 50.1 Å². The second kappa shape index (κ2) is 9.20. The average Bonchev–Trinajstić information content (AvgIpc) is 2.84. The van der Waals surface area contributed by atoms with Crippen molar-refractivity contribution in [3.8, 4) is 11.3 Å². The van der Waals surface area contributed by atoms with Gasteiger partial charge in [-0.25, -0.2) is 9.97 Å². The van der Waals surface area contributed by atoms with Crippen LogP contribution < -0.4 is 10.2 Å². The Morgan fingerprint density at radius 2 is 1.76 bits per heavy atom. The predicted molar refractivity (Wildman–Crippen MR) is 135 cm³/mol. The highest BCUT2D eigenvalue weighted by atomic mass is 35.5. The quantitative estimate of drug-likeness (QED) is 0.402. The maximum atomic E-state index is 12.8. The molecule has 1 amide bonds. The number of aryl methyl sites for hydroxylation is 1. The predicted octanol–water partition coefficient (Wildman–Crippen LogP) is 6.11. The molecule has 0 atom stereocenters. The molecule has 166 valence electrons. The highest BCUT2D eigenvalue weighted by molar-refractivity contribution is 6.30. The Hall–Kier alpha value is -3.44. The molecular formula is C27H25ClN4O. The molecule has 0 spiro atoms. The second-order valence-corrected chi connectivity index (χ2v) is 8.96. The summed E-state index contributed by atoms with van der Waals surface area (Å²) in [5.74, 6) is 0.715.